The predicted molar refractivity (Wildman–Crippen MR) is 215 cm³/mol. The molecule has 0 unspecified atom stereocenters. The summed E-state index contributed by atoms with van der Waals surface area (Å²) in [4.78, 5) is 32.9. The second-order valence-electron chi connectivity index (χ2n) is 14.7. The number of hydrogen-bond donors (Lipinski definition) is 2. The lowest BCUT2D eigenvalue weighted by molar-refractivity contribution is -0.253. The molecule has 1 amide bonds. The number of carbonyl (C=O) groups is 2. The number of unbranched alkanes of at least 4 members (excludes halogenated alkanes) is 2. The number of allylic oxidation sites excluding steroid dienone is 1. The number of oxime groups is 1. The Hall–Kier alpha value is -5.17. The lowest BCUT2D eigenvalue weighted by Gasteiger charge is -2.59. The Balaban J connectivity index is 1.55. The molecule has 1 fully saturated rings. The molecule has 304 valence electrons. The number of hydrogen-bond acceptors (Lipinski definition) is 11. The first-order chi connectivity index (χ1) is 27.8. The van der Waals surface area contributed by atoms with Crippen molar-refractivity contribution in [1.82, 2.24) is 4.90 Å². The smallest absolute Gasteiger partial charge is 0.409 e. The zero-order valence-electron chi connectivity index (χ0n) is 33.0. The zero-order valence-corrected chi connectivity index (χ0v) is 33.0. The van der Waals surface area contributed by atoms with Crippen LogP contribution in [0.25, 0.3) is 0 Å². The molecule has 0 spiro atoms. The highest BCUT2D eigenvalue weighted by Crippen LogP contribution is 2.62. The van der Waals surface area contributed by atoms with Crippen molar-refractivity contribution in [3.8, 4) is 23.0 Å². The number of fused-ring (bicyclic) bond motifs is 2. The Bertz CT molecular complexity index is 1910. The number of amides is 1. The van der Waals surface area contributed by atoms with Crippen molar-refractivity contribution in [2.75, 3.05) is 41.1 Å². The number of methoxy groups -OCH3 is 2. The molecule has 0 bridgehead atoms. The van der Waals surface area contributed by atoms with Gasteiger partial charge in [0.05, 0.1) is 38.0 Å². The van der Waals surface area contributed by atoms with E-state index in [9.17, 15) is 19.8 Å². The molecule has 12 nitrogen and oxygen atoms in total. The van der Waals surface area contributed by atoms with E-state index >= 15 is 0 Å². The van der Waals surface area contributed by atoms with Gasteiger partial charge in [0.25, 0.3) is 0 Å². The van der Waals surface area contributed by atoms with Gasteiger partial charge in [0.1, 0.15) is 35.6 Å². The van der Waals surface area contributed by atoms with E-state index in [1.165, 1.54) is 19.1 Å². The van der Waals surface area contributed by atoms with E-state index in [2.05, 4.69) is 12.7 Å². The minimum Gasteiger partial charge on any atom is -0.496 e. The van der Waals surface area contributed by atoms with Crippen LogP contribution in [0, 0.1) is 17.8 Å². The molecule has 6 atom stereocenters. The zero-order chi connectivity index (χ0) is 40.4. The van der Waals surface area contributed by atoms with Crippen LogP contribution in [0.1, 0.15) is 72.3 Å². The molecule has 0 radical (unpaired) electrons. The molecule has 3 aliphatic rings. The molecule has 1 aliphatic heterocycles. The van der Waals surface area contributed by atoms with Crippen molar-refractivity contribution < 1.29 is 48.3 Å². The molecule has 6 rings (SSSR count). The maximum atomic E-state index is 13.4. The summed E-state index contributed by atoms with van der Waals surface area (Å²) in [6.07, 6.45) is 8.88. The topological polar surface area (TPSA) is 146 Å². The van der Waals surface area contributed by atoms with Gasteiger partial charge in [-0.1, -0.05) is 60.5 Å². The van der Waals surface area contributed by atoms with Crippen LogP contribution in [0.2, 0.25) is 0 Å². The molecule has 2 aliphatic carbocycles. The molecule has 3 aromatic rings. The van der Waals surface area contributed by atoms with E-state index in [0.29, 0.717) is 47.1 Å². The highest BCUT2D eigenvalue weighted by atomic mass is 16.7. The second-order valence-corrected chi connectivity index (χ2v) is 14.7. The van der Waals surface area contributed by atoms with Crippen molar-refractivity contribution in [3.63, 3.8) is 0 Å². The quantitative estimate of drug-likeness (QED) is 0.0534. The van der Waals surface area contributed by atoms with Crippen LogP contribution in [0.4, 0.5) is 4.79 Å². The Labute approximate surface area is 334 Å². The summed E-state index contributed by atoms with van der Waals surface area (Å²) < 4.78 is 31.0. The SMILES string of the molecule is C=CCO[C@@]12Oc3ccc(Oc4ccc(OC)c(C=O)c4)cc3[C@H]3[C@H](CCCCO)[C@@H](CCCCO)C=C(C(=NOCc4ccccc4)C[C@@H]1N(C)C(=O)OC)[C@H]32. The van der Waals surface area contributed by atoms with Crippen molar-refractivity contribution >= 4 is 18.1 Å². The Kier molecular flexibility index (Phi) is 14.1. The third-order valence-corrected chi connectivity index (χ3v) is 11.4. The summed E-state index contributed by atoms with van der Waals surface area (Å²) in [6.45, 7) is 4.53. The van der Waals surface area contributed by atoms with Crippen molar-refractivity contribution in [2.45, 2.75) is 69.3 Å². The molecular weight excluding hydrogens is 728 g/mol. The van der Waals surface area contributed by atoms with Gasteiger partial charge in [-0.15, -0.1) is 6.58 Å². The third kappa shape index (κ3) is 8.88. The standard InChI is InChI=1S/C45H54N2O10/c1-5-23-54-45-41(47(2)44(51)53-4)27-38(46-55-29-30-13-7-6-8-14-30)36-25-31(15-9-11-21-48)35(16-10-12-22-49)42(43(36)45)37-26-34(18-20-40(37)57-45)56-33-17-19-39(52-3)32(24-33)28-50/h5-8,13-14,17-20,24-26,28,31,35,41-43,48-49H,1,9-12,15-16,21-23,27,29H2,2-4H3/t31-,35+,41-,42+,43+,45+/m0/s1. The van der Waals surface area contributed by atoms with Gasteiger partial charge in [-0.25, -0.2) is 4.79 Å². The number of rotatable bonds is 19. The van der Waals surface area contributed by atoms with Crippen molar-refractivity contribution in [3.05, 3.63) is 108 Å². The van der Waals surface area contributed by atoms with Crippen LogP contribution >= 0.6 is 0 Å². The molecule has 57 heavy (non-hydrogen) atoms. The van der Waals surface area contributed by atoms with Gasteiger partial charge >= 0.3 is 6.09 Å². The van der Waals surface area contributed by atoms with E-state index in [-0.39, 0.29) is 50.6 Å². The molecule has 3 aromatic carbocycles. The number of likely N-dealkylation sites (N-methyl/N-ethyl adjacent to an activating group) is 1. The lowest BCUT2D eigenvalue weighted by atomic mass is 9.55. The minimum absolute atomic E-state index is 0.0323. The van der Waals surface area contributed by atoms with Gasteiger partial charge in [-0.3, -0.25) is 4.79 Å². The maximum Gasteiger partial charge on any atom is 0.409 e. The fraction of sp³-hybridized carbons (Fsp3) is 0.444. The first kappa shape index (κ1) is 41.5. The Morgan fingerprint density at radius 2 is 1.74 bits per heavy atom. The monoisotopic (exact) mass is 782 g/mol. The highest BCUT2D eigenvalue weighted by molar-refractivity contribution is 6.03. The van der Waals surface area contributed by atoms with Gasteiger partial charge in [-0.2, -0.15) is 0 Å². The molecular formula is C45H54N2O10. The maximum absolute atomic E-state index is 13.4. The van der Waals surface area contributed by atoms with Crippen LogP contribution < -0.4 is 14.2 Å². The van der Waals surface area contributed by atoms with E-state index in [1.807, 2.05) is 48.5 Å². The lowest BCUT2D eigenvalue weighted by Crippen LogP contribution is -2.69. The van der Waals surface area contributed by atoms with Crippen LogP contribution in [0.15, 0.2) is 96.2 Å². The average Bonchev–Trinajstić information content (AvgIpc) is 3.24. The van der Waals surface area contributed by atoms with E-state index < -0.39 is 23.8 Å². The van der Waals surface area contributed by atoms with Crippen LogP contribution in [0.5, 0.6) is 23.0 Å². The van der Waals surface area contributed by atoms with Gasteiger partial charge in [0, 0.05) is 38.2 Å². The fourth-order valence-corrected chi connectivity index (χ4v) is 8.83. The molecule has 2 N–H and O–H groups in total. The van der Waals surface area contributed by atoms with Crippen LogP contribution in [-0.2, 0) is 20.9 Å². The summed E-state index contributed by atoms with van der Waals surface area (Å²) in [6, 6.07) is 19.9. The summed E-state index contributed by atoms with van der Waals surface area (Å²) in [5.41, 5.74) is 3.82. The van der Waals surface area contributed by atoms with Gasteiger partial charge in [-0.05, 0) is 85.1 Å². The fourth-order valence-electron chi connectivity index (χ4n) is 8.83. The molecule has 0 saturated heterocycles. The number of aldehydes is 1. The summed E-state index contributed by atoms with van der Waals surface area (Å²) >= 11 is 0. The summed E-state index contributed by atoms with van der Waals surface area (Å²) in [5, 5.41) is 24.5. The predicted octanol–water partition coefficient (Wildman–Crippen LogP) is 7.83. The average molecular weight is 783 g/mol. The van der Waals surface area contributed by atoms with Crippen LogP contribution in [-0.4, -0.2) is 86.1 Å². The number of carbonyl (C=O) groups excluding carboxylic acids is 2. The first-order valence-electron chi connectivity index (χ1n) is 19.7. The minimum atomic E-state index is -1.40. The van der Waals surface area contributed by atoms with Crippen LogP contribution in [0.3, 0.4) is 0 Å². The first-order valence-corrected chi connectivity index (χ1v) is 19.7. The Morgan fingerprint density at radius 1 is 1.00 bits per heavy atom. The van der Waals surface area contributed by atoms with Crippen molar-refractivity contribution in [1.29, 1.82) is 0 Å². The summed E-state index contributed by atoms with van der Waals surface area (Å²) in [7, 11) is 4.54. The number of ether oxygens (including phenoxy) is 5. The normalized spacial score (nSPS) is 23.9. The molecule has 1 saturated carbocycles. The third-order valence-electron chi connectivity index (χ3n) is 11.4. The number of aliphatic hydroxyl groups is 2. The van der Waals surface area contributed by atoms with E-state index in [4.69, 9.17) is 33.7 Å². The second kappa shape index (κ2) is 19.3. The largest absolute Gasteiger partial charge is 0.496 e. The highest BCUT2D eigenvalue weighted by Gasteiger charge is 2.65. The molecule has 0 aromatic heterocycles. The number of aliphatic hydroxyl groups excluding tert-OH is 2. The van der Waals surface area contributed by atoms with Gasteiger partial charge < -0.3 is 43.6 Å². The van der Waals surface area contributed by atoms with Crippen molar-refractivity contribution in [2.24, 2.45) is 22.9 Å². The van der Waals surface area contributed by atoms with Gasteiger partial charge in [0.15, 0.2) is 6.29 Å². The number of benzene rings is 3. The van der Waals surface area contributed by atoms with E-state index in [1.54, 1.807) is 31.3 Å². The van der Waals surface area contributed by atoms with Gasteiger partial charge in [0.2, 0.25) is 5.79 Å². The molecule has 1 heterocycles. The summed E-state index contributed by atoms with van der Waals surface area (Å²) in [5.74, 6) is 0.00141. The van der Waals surface area contributed by atoms with E-state index in [0.717, 1.165) is 48.7 Å². The Morgan fingerprint density at radius 3 is 2.44 bits per heavy atom. The number of nitrogens with zero attached hydrogens (tertiary/aromatic N) is 2. The molecule has 12 heteroatoms.